The van der Waals surface area contributed by atoms with Gasteiger partial charge in [-0.25, -0.2) is 4.39 Å². The molecule has 0 radical (unpaired) electrons. The lowest BCUT2D eigenvalue weighted by Crippen LogP contribution is -2.31. The standard InChI is InChI=1S/C20H14F4N2O2S2/c21-15-7-2-1-4-12(15)10-16-18(28)26(19(29)30-16)9-8-17(27)25-14-6-3-5-13(11-14)20(22,23)24/h1-7,10-11H,8-9H2,(H,25,27). The minimum Gasteiger partial charge on any atom is -0.326 e. The molecule has 3 rings (SSSR count). The zero-order chi connectivity index (χ0) is 21.9. The molecule has 0 unspecified atom stereocenters. The van der Waals surface area contributed by atoms with E-state index in [2.05, 4.69) is 5.32 Å². The fourth-order valence-corrected chi connectivity index (χ4v) is 3.94. The minimum absolute atomic E-state index is 0.000312. The van der Waals surface area contributed by atoms with E-state index in [1.54, 1.807) is 6.07 Å². The van der Waals surface area contributed by atoms with Crippen LogP contribution in [-0.2, 0) is 15.8 Å². The maximum absolute atomic E-state index is 13.8. The van der Waals surface area contributed by atoms with E-state index in [1.807, 2.05) is 0 Å². The molecule has 156 valence electrons. The molecule has 30 heavy (non-hydrogen) atoms. The number of alkyl halides is 3. The number of carbonyl (C=O) groups excluding carboxylic acids is 2. The lowest BCUT2D eigenvalue weighted by molar-refractivity contribution is -0.137. The van der Waals surface area contributed by atoms with Gasteiger partial charge in [0.25, 0.3) is 5.91 Å². The number of hydrogen-bond donors (Lipinski definition) is 1. The van der Waals surface area contributed by atoms with E-state index in [-0.39, 0.29) is 33.4 Å². The number of nitrogens with zero attached hydrogens (tertiary/aromatic N) is 1. The first-order valence-corrected chi connectivity index (χ1v) is 9.84. The fourth-order valence-electron chi connectivity index (χ4n) is 2.64. The van der Waals surface area contributed by atoms with Crippen molar-refractivity contribution in [3.8, 4) is 0 Å². The molecule has 4 nitrogen and oxygen atoms in total. The Morgan fingerprint density at radius 2 is 1.90 bits per heavy atom. The Morgan fingerprint density at radius 1 is 1.17 bits per heavy atom. The third-order valence-corrected chi connectivity index (χ3v) is 5.48. The van der Waals surface area contributed by atoms with E-state index in [0.717, 1.165) is 23.9 Å². The van der Waals surface area contributed by atoms with Gasteiger partial charge in [0.2, 0.25) is 5.91 Å². The summed E-state index contributed by atoms with van der Waals surface area (Å²) in [7, 11) is 0. The van der Waals surface area contributed by atoms with E-state index in [4.69, 9.17) is 12.2 Å². The largest absolute Gasteiger partial charge is 0.416 e. The number of thioether (sulfide) groups is 1. The number of halogens is 4. The third kappa shape index (κ3) is 5.25. The highest BCUT2D eigenvalue weighted by molar-refractivity contribution is 8.26. The van der Waals surface area contributed by atoms with Gasteiger partial charge in [-0.1, -0.05) is 48.2 Å². The highest BCUT2D eigenvalue weighted by Gasteiger charge is 2.33. The van der Waals surface area contributed by atoms with E-state index < -0.39 is 29.4 Å². The van der Waals surface area contributed by atoms with E-state index in [1.165, 1.54) is 41.3 Å². The average molecular weight is 454 g/mol. The van der Waals surface area contributed by atoms with Crippen molar-refractivity contribution >= 4 is 51.9 Å². The monoisotopic (exact) mass is 454 g/mol. The van der Waals surface area contributed by atoms with Gasteiger partial charge < -0.3 is 5.32 Å². The molecule has 0 spiro atoms. The highest BCUT2D eigenvalue weighted by Crippen LogP contribution is 2.33. The average Bonchev–Trinajstić information content (AvgIpc) is 2.94. The number of carbonyl (C=O) groups is 2. The van der Waals surface area contributed by atoms with Gasteiger partial charge >= 0.3 is 6.18 Å². The molecule has 0 saturated carbocycles. The Hall–Kier alpha value is -2.72. The van der Waals surface area contributed by atoms with Crippen molar-refractivity contribution in [1.29, 1.82) is 0 Å². The number of anilines is 1. The van der Waals surface area contributed by atoms with Crippen LogP contribution in [0.5, 0.6) is 0 Å². The van der Waals surface area contributed by atoms with Crippen molar-refractivity contribution in [3.05, 3.63) is 70.4 Å². The third-order valence-electron chi connectivity index (χ3n) is 4.10. The Labute approximate surface area is 178 Å². The number of rotatable bonds is 5. The number of hydrogen-bond acceptors (Lipinski definition) is 4. The van der Waals surface area contributed by atoms with Crippen LogP contribution in [-0.4, -0.2) is 27.6 Å². The normalized spacial score (nSPS) is 15.7. The molecular formula is C20H14F4N2O2S2. The van der Waals surface area contributed by atoms with Crippen LogP contribution < -0.4 is 5.32 Å². The summed E-state index contributed by atoms with van der Waals surface area (Å²) in [6.07, 6.45) is -3.31. The Bertz CT molecular complexity index is 1040. The van der Waals surface area contributed by atoms with Crippen LogP contribution in [0.3, 0.4) is 0 Å². The molecule has 2 aromatic carbocycles. The first kappa shape index (κ1) is 22.0. The number of nitrogens with one attached hydrogen (secondary N) is 1. The molecule has 1 aliphatic heterocycles. The zero-order valence-corrected chi connectivity index (χ0v) is 16.8. The summed E-state index contributed by atoms with van der Waals surface area (Å²) in [6, 6.07) is 10.2. The van der Waals surface area contributed by atoms with Crippen LogP contribution >= 0.6 is 24.0 Å². The van der Waals surface area contributed by atoms with E-state index in [9.17, 15) is 27.2 Å². The van der Waals surface area contributed by atoms with Gasteiger partial charge in [0, 0.05) is 24.2 Å². The zero-order valence-electron chi connectivity index (χ0n) is 15.2. The van der Waals surface area contributed by atoms with Crippen molar-refractivity contribution in [1.82, 2.24) is 4.90 Å². The molecule has 2 amide bonds. The van der Waals surface area contributed by atoms with E-state index in [0.29, 0.717) is 0 Å². The molecule has 1 N–H and O–H groups in total. The van der Waals surface area contributed by atoms with Crippen molar-refractivity contribution in [2.75, 3.05) is 11.9 Å². The van der Waals surface area contributed by atoms with Crippen LogP contribution in [0.15, 0.2) is 53.4 Å². The van der Waals surface area contributed by atoms with Crippen molar-refractivity contribution in [2.45, 2.75) is 12.6 Å². The number of amides is 2. The topological polar surface area (TPSA) is 49.4 Å². The van der Waals surface area contributed by atoms with Gasteiger partial charge in [-0.2, -0.15) is 13.2 Å². The molecule has 2 aromatic rings. The summed E-state index contributed by atoms with van der Waals surface area (Å²) in [6.45, 7) is -0.0515. The SMILES string of the molecule is O=C(CCN1C(=O)C(=Cc2ccccc2F)SC1=S)Nc1cccc(C(F)(F)F)c1. The molecule has 10 heteroatoms. The summed E-state index contributed by atoms with van der Waals surface area (Å²) in [5, 5.41) is 2.38. The van der Waals surface area contributed by atoms with Crippen LogP contribution in [0.25, 0.3) is 6.08 Å². The van der Waals surface area contributed by atoms with Gasteiger partial charge in [0.15, 0.2) is 0 Å². The summed E-state index contributed by atoms with van der Waals surface area (Å²) in [5.41, 5.74) is -0.643. The van der Waals surface area contributed by atoms with Crippen LogP contribution in [0.4, 0.5) is 23.2 Å². The van der Waals surface area contributed by atoms with Gasteiger partial charge in [0.1, 0.15) is 10.1 Å². The summed E-state index contributed by atoms with van der Waals surface area (Å²) in [5.74, 6) is -1.51. The summed E-state index contributed by atoms with van der Waals surface area (Å²) < 4.78 is 52.3. The molecule has 1 aliphatic rings. The smallest absolute Gasteiger partial charge is 0.326 e. The van der Waals surface area contributed by atoms with Gasteiger partial charge in [0.05, 0.1) is 10.5 Å². The second-order valence-corrected chi connectivity index (χ2v) is 7.91. The van der Waals surface area contributed by atoms with Gasteiger partial charge in [-0.3, -0.25) is 14.5 Å². The fraction of sp³-hybridized carbons (Fsp3) is 0.150. The van der Waals surface area contributed by atoms with Crippen molar-refractivity contribution in [2.24, 2.45) is 0 Å². The molecular weight excluding hydrogens is 440 g/mol. The lowest BCUT2D eigenvalue weighted by Gasteiger charge is -2.14. The molecule has 1 fully saturated rings. The van der Waals surface area contributed by atoms with Gasteiger partial charge in [-0.05, 0) is 30.3 Å². The second-order valence-electron chi connectivity index (χ2n) is 6.23. The first-order chi connectivity index (χ1) is 14.1. The number of thiocarbonyl (C=S) groups is 1. The predicted molar refractivity (Wildman–Crippen MR) is 111 cm³/mol. The Balaban J connectivity index is 1.62. The number of benzene rings is 2. The molecule has 0 bridgehead atoms. The van der Waals surface area contributed by atoms with Crippen LogP contribution in [0.2, 0.25) is 0 Å². The molecule has 1 saturated heterocycles. The van der Waals surface area contributed by atoms with Gasteiger partial charge in [-0.15, -0.1) is 0 Å². The van der Waals surface area contributed by atoms with Crippen molar-refractivity contribution in [3.63, 3.8) is 0 Å². The molecule has 0 aromatic heterocycles. The van der Waals surface area contributed by atoms with E-state index >= 15 is 0 Å². The highest BCUT2D eigenvalue weighted by atomic mass is 32.2. The van der Waals surface area contributed by atoms with Crippen LogP contribution in [0.1, 0.15) is 17.5 Å². The molecule has 0 atom stereocenters. The molecule has 1 heterocycles. The summed E-state index contributed by atoms with van der Waals surface area (Å²) >= 11 is 6.15. The predicted octanol–water partition coefficient (Wildman–Crippen LogP) is 5.07. The first-order valence-electron chi connectivity index (χ1n) is 8.62. The lowest BCUT2D eigenvalue weighted by atomic mass is 10.2. The molecule has 0 aliphatic carbocycles. The summed E-state index contributed by atoms with van der Waals surface area (Å²) in [4.78, 5) is 26.1. The maximum atomic E-state index is 13.8. The van der Waals surface area contributed by atoms with Crippen molar-refractivity contribution < 1.29 is 27.2 Å². The Kier molecular flexibility index (Phi) is 6.57. The quantitative estimate of drug-likeness (QED) is 0.389. The second kappa shape index (κ2) is 8.97. The Morgan fingerprint density at radius 3 is 2.60 bits per heavy atom. The van der Waals surface area contributed by atoms with Crippen LogP contribution in [0, 0.1) is 5.82 Å². The minimum atomic E-state index is -4.52. The maximum Gasteiger partial charge on any atom is 0.416 e.